The van der Waals surface area contributed by atoms with Crippen molar-refractivity contribution in [3.8, 4) is 0 Å². The Morgan fingerprint density at radius 1 is 1.38 bits per heavy atom. The molecule has 70 valence electrons. The summed E-state index contributed by atoms with van der Waals surface area (Å²) in [5, 5.41) is 0. The van der Waals surface area contributed by atoms with Gasteiger partial charge in [-0.2, -0.15) is 0 Å². The van der Waals surface area contributed by atoms with Crippen molar-refractivity contribution < 1.29 is 0 Å². The Hall–Kier alpha value is -0.0900. The molecule has 0 aliphatic heterocycles. The van der Waals surface area contributed by atoms with Crippen LogP contribution in [0, 0.1) is 9.49 Å². The molecular weight excluding hydrogens is 273 g/mol. The monoisotopic (exact) mass is 287 g/mol. The Kier molecular flexibility index (Phi) is 2.89. The van der Waals surface area contributed by atoms with E-state index < -0.39 is 0 Å². The Morgan fingerprint density at radius 3 is 2.69 bits per heavy atom. The standard InChI is InChI=1S/C11H14IN/c12-10-4-2-1-3-9(10)11(13)7-8-5-6-8/h1-4,8,11H,5-7,13H2/t11-/m0/s1. The van der Waals surface area contributed by atoms with Crippen LogP contribution in [0.15, 0.2) is 24.3 Å². The maximum absolute atomic E-state index is 6.13. The van der Waals surface area contributed by atoms with E-state index in [4.69, 9.17) is 5.73 Å². The third-order valence-electron chi connectivity index (χ3n) is 2.59. The van der Waals surface area contributed by atoms with E-state index in [1.165, 1.54) is 28.4 Å². The van der Waals surface area contributed by atoms with Gasteiger partial charge in [-0.3, -0.25) is 0 Å². The topological polar surface area (TPSA) is 26.0 Å². The highest BCUT2D eigenvalue weighted by molar-refractivity contribution is 14.1. The zero-order chi connectivity index (χ0) is 9.26. The second kappa shape index (κ2) is 3.96. The van der Waals surface area contributed by atoms with Gasteiger partial charge in [-0.05, 0) is 46.6 Å². The van der Waals surface area contributed by atoms with Crippen LogP contribution in [0.1, 0.15) is 30.9 Å². The van der Waals surface area contributed by atoms with Crippen LogP contribution in [-0.4, -0.2) is 0 Å². The highest BCUT2D eigenvalue weighted by Crippen LogP contribution is 2.37. The fraction of sp³-hybridized carbons (Fsp3) is 0.455. The molecule has 1 fully saturated rings. The number of halogens is 1. The molecule has 2 heteroatoms. The Labute approximate surface area is 92.9 Å². The summed E-state index contributed by atoms with van der Waals surface area (Å²) < 4.78 is 1.30. The molecule has 0 radical (unpaired) electrons. The van der Waals surface area contributed by atoms with Crippen LogP contribution in [0.3, 0.4) is 0 Å². The maximum Gasteiger partial charge on any atom is 0.0308 e. The van der Waals surface area contributed by atoms with Crippen molar-refractivity contribution in [2.45, 2.75) is 25.3 Å². The molecule has 0 heterocycles. The van der Waals surface area contributed by atoms with Gasteiger partial charge < -0.3 is 5.73 Å². The van der Waals surface area contributed by atoms with Crippen molar-refractivity contribution >= 4 is 22.6 Å². The molecule has 1 aromatic carbocycles. The smallest absolute Gasteiger partial charge is 0.0308 e. The Morgan fingerprint density at radius 2 is 2.08 bits per heavy atom. The van der Waals surface area contributed by atoms with E-state index >= 15 is 0 Å². The van der Waals surface area contributed by atoms with Crippen LogP contribution >= 0.6 is 22.6 Å². The molecule has 0 amide bonds. The molecule has 0 bridgehead atoms. The summed E-state index contributed by atoms with van der Waals surface area (Å²) >= 11 is 2.36. The maximum atomic E-state index is 6.13. The van der Waals surface area contributed by atoms with E-state index in [-0.39, 0.29) is 6.04 Å². The molecular formula is C11H14IN. The van der Waals surface area contributed by atoms with Gasteiger partial charge >= 0.3 is 0 Å². The van der Waals surface area contributed by atoms with Crippen LogP contribution < -0.4 is 5.73 Å². The fourth-order valence-corrected chi connectivity index (χ4v) is 2.40. The molecule has 1 aliphatic rings. The molecule has 0 spiro atoms. The van der Waals surface area contributed by atoms with Crippen LogP contribution in [0.2, 0.25) is 0 Å². The number of hydrogen-bond donors (Lipinski definition) is 1. The van der Waals surface area contributed by atoms with Gasteiger partial charge in [-0.1, -0.05) is 31.0 Å². The molecule has 1 saturated carbocycles. The fourth-order valence-electron chi connectivity index (χ4n) is 1.62. The lowest BCUT2D eigenvalue weighted by Crippen LogP contribution is -2.12. The summed E-state index contributed by atoms with van der Waals surface area (Å²) in [6.45, 7) is 0. The Balaban J connectivity index is 2.09. The minimum atomic E-state index is 0.251. The largest absolute Gasteiger partial charge is 0.324 e. The van der Waals surface area contributed by atoms with E-state index in [2.05, 4.69) is 46.9 Å². The van der Waals surface area contributed by atoms with Crippen molar-refractivity contribution in [1.82, 2.24) is 0 Å². The SMILES string of the molecule is N[C@@H](CC1CC1)c1ccccc1I. The third kappa shape index (κ3) is 2.44. The van der Waals surface area contributed by atoms with E-state index in [1.54, 1.807) is 0 Å². The summed E-state index contributed by atoms with van der Waals surface area (Å²) in [6.07, 6.45) is 3.94. The summed E-state index contributed by atoms with van der Waals surface area (Å²) in [6, 6.07) is 8.66. The molecule has 0 unspecified atom stereocenters. The lowest BCUT2D eigenvalue weighted by Gasteiger charge is -2.12. The number of nitrogens with two attached hydrogens (primary N) is 1. The van der Waals surface area contributed by atoms with Gasteiger partial charge in [0.1, 0.15) is 0 Å². The average Bonchev–Trinajstić information content (AvgIpc) is 2.89. The summed E-state index contributed by atoms with van der Waals surface area (Å²) in [4.78, 5) is 0. The predicted octanol–water partition coefficient (Wildman–Crippen LogP) is 3.09. The van der Waals surface area contributed by atoms with Crippen LogP contribution in [0.25, 0.3) is 0 Å². The third-order valence-corrected chi connectivity index (χ3v) is 3.57. The molecule has 0 aromatic heterocycles. The number of rotatable bonds is 3. The lowest BCUT2D eigenvalue weighted by molar-refractivity contribution is 0.595. The van der Waals surface area contributed by atoms with E-state index in [9.17, 15) is 0 Å². The molecule has 1 aromatic rings. The summed E-state index contributed by atoms with van der Waals surface area (Å²) in [5.74, 6) is 0.908. The number of hydrogen-bond acceptors (Lipinski definition) is 1. The second-order valence-electron chi connectivity index (χ2n) is 3.81. The van der Waals surface area contributed by atoms with Gasteiger partial charge in [0.25, 0.3) is 0 Å². The van der Waals surface area contributed by atoms with Crippen LogP contribution in [0.5, 0.6) is 0 Å². The molecule has 1 aliphatic carbocycles. The van der Waals surface area contributed by atoms with Gasteiger partial charge in [0.2, 0.25) is 0 Å². The first-order valence-electron chi connectivity index (χ1n) is 4.77. The molecule has 2 N–H and O–H groups in total. The van der Waals surface area contributed by atoms with Gasteiger partial charge in [-0.15, -0.1) is 0 Å². The summed E-state index contributed by atoms with van der Waals surface area (Å²) in [5.41, 5.74) is 7.45. The van der Waals surface area contributed by atoms with Crippen molar-refractivity contribution in [2.24, 2.45) is 11.7 Å². The normalized spacial score (nSPS) is 18.6. The van der Waals surface area contributed by atoms with Crippen molar-refractivity contribution in [3.05, 3.63) is 33.4 Å². The molecule has 0 saturated heterocycles. The van der Waals surface area contributed by atoms with Gasteiger partial charge in [0.05, 0.1) is 0 Å². The first-order chi connectivity index (χ1) is 6.27. The van der Waals surface area contributed by atoms with Crippen molar-refractivity contribution in [3.63, 3.8) is 0 Å². The zero-order valence-corrected chi connectivity index (χ0v) is 9.70. The van der Waals surface area contributed by atoms with E-state index in [1.807, 2.05) is 0 Å². The zero-order valence-electron chi connectivity index (χ0n) is 7.54. The minimum Gasteiger partial charge on any atom is -0.324 e. The van der Waals surface area contributed by atoms with Gasteiger partial charge in [-0.25, -0.2) is 0 Å². The minimum absolute atomic E-state index is 0.251. The Bertz CT molecular complexity index is 294. The number of benzene rings is 1. The average molecular weight is 287 g/mol. The summed E-state index contributed by atoms with van der Waals surface area (Å²) in [7, 11) is 0. The quantitative estimate of drug-likeness (QED) is 0.849. The molecule has 2 rings (SSSR count). The first-order valence-corrected chi connectivity index (χ1v) is 5.85. The lowest BCUT2D eigenvalue weighted by atomic mass is 10.0. The van der Waals surface area contributed by atoms with Crippen LogP contribution in [-0.2, 0) is 0 Å². The van der Waals surface area contributed by atoms with E-state index in [0.29, 0.717) is 0 Å². The van der Waals surface area contributed by atoms with Gasteiger partial charge in [0.15, 0.2) is 0 Å². The molecule has 1 nitrogen and oxygen atoms in total. The van der Waals surface area contributed by atoms with Crippen molar-refractivity contribution in [1.29, 1.82) is 0 Å². The van der Waals surface area contributed by atoms with Crippen LogP contribution in [0.4, 0.5) is 0 Å². The predicted molar refractivity (Wildman–Crippen MR) is 63.4 cm³/mol. The van der Waals surface area contributed by atoms with Gasteiger partial charge in [0, 0.05) is 9.61 Å². The molecule has 1 atom stereocenters. The highest BCUT2D eigenvalue weighted by atomic mass is 127. The highest BCUT2D eigenvalue weighted by Gasteiger charge is 2.24. The molecule has 13 heavy (non-hydrogen) atoms. The second-order valence-corrected chi connectivity index (χ2v) is 4.97. The van der Waals surface area contributed by atoms with E-state index in [0.717, 1.165) is 5.92 Å². The van der Waals surface area contributed by atoms with Crippen molar-refractivity contribution in [2.75, 3.05) is 0 Å². The first kappa shape index (κ1) is 9.46.